The minimum atomic E-state index is -0.0524. The van der Waals surface area contributed by atoms with Crippen LogP contribution in [0.4, 0.5) is 0 Å². The summed E-state index contributed by atoms with van der Waals surface area (Å²) in [6.45, 7) is 2.21. The monoisotopic (exact) mass is 280 g/mol. The van der Waals surface area contributed by atoms with E-state index in [-0.39, 0.29) is 11.5 Å². The summed E-state index contributed by atoms with van der Waals surface area (Å²) in [6, 6.07) is -0.0524. The fourth-order valence-corrected chi connectivity index (χ4v) is 3.28. The third kappa shape index (κ3) is 2.58. The van der Waals surface area contributed by atoms with Crippen LogP contribution in [0, 0.1) is 5.41 Å². The van der Waals surface area contributed by atoms with Crippen molar-refractivity contribution in [1.29, 1.82) is 0 Å². The number of aromatic nitrogens is 2. The first-order valence-electron chi connectivity index (χ1n) is 7.11. The Hall–Kier alpha value is -1.40. The van der Waals surface area contributed by atoms with Crippen molar-refractivity contribution in [2.24, 2.45) is 11.3 Å². The zero-order valence-corrected chi connectivity index (χ0v) is 12.5. The van der Waals surface area contributed by atoms with Gasteiger partial charge in [0.05, 0.1) is 26.5 Å². The maximum atomic E-state index is 5.83. The molecule has 6 heteroatoms. The average molecular weight is 280 g/mol. The van der Waals surface area contributed by atoms with Gasteiger partial charge in [0.2, 0.25) is 11.8 Å². The van der Waals surface area contributed by atoms with E-state index < -0.39 is 0 Å². The van der Waals surface area contributed by atoms with Crippen LogP contribution in [0.2, 0.25) is 0 Å². The lowest BCUT2D eigenvalue weighted by Crippen LogP contribution is -2.40. The molecule has 1 aliphatic rings. The van der Waals surface area contributed by atoms with Gasteiger partial charge in [-0.25, -0.2) is 4.98 Å². The number of nitrogens with zero attached hydrogens (tertiary/aromatic N) is 2. The number of hydrazine groups is 1. The van der Waals surface area contributed by atoms with E-state index in [1.807, 2.05) is 0 Å². The van der Waals surface area contributed by atoms with Crippen LogP contribution in [0.25, 0.3) is 0 Å². The van der Waals surface area contributed by atoms with E-state index in [4.69, 9.17) is 15.3 Å². The van der Waals surface area contributed by atoms with Gasteiger partial charge in [-0.3, -0.25) is 11.3 Å². The fraction of sp³-hybridized carbons (Fsp3) is 0.714. The molecule has 1 aliphatic carbocycles. The van der Waals surface area contributed by atoms with Crippen molar-refractivity contribution >= 4 is 0 Å². The molecule has 6 nitrogen and oxygen atoms in total. The molecule has 1 aromatic rings. The largest absolute Gasteiger partial charge is 0.480 e. The van der Waals surface area contributed by atoms with Gasteiger partial charge in [-0.15, -0.1) is 0 Å². The Morgan fingerprint density at radius 1 is 1.35 bits per heavy atom. The molecule has 0 bridgehead atoms. The molecule has 112 valence electrons. The van der Waals surface area contributed by atoms with Crippen LogP contribution in [0.1, 0.15) is 50.8 Å². The molecule has 1 heterocycles. The zero-order valence-electron chi connectivity index (χ0n) is 12.5. The molecule has 0 radical (unpaired) electrons. The van der Waals surface area contributed by atoms with E-state index in [1.165, 1.54) is 12.8 Å². The summed E-state index contributed by atoms with van der Waals surface area (Å²) < 4.78 is 10.5. The normalized spacial score (nSPS) is 18.8. The van der Waals surface area contributed by atoms with Crippen molar-refractivity contribution in [2.75, 3.05) is 14.2 Å². The van der Waals surface area contributed by atoms with Crippen molar-refractivity contribution in [3.05, 3.63) is 11.9 Å². The molecular weight excluding hydrogens is 256 g/mol. The summed E-state index contributed by atoms with van der Waals surface area (Å²) in [6.07, 6.45) is 7.43. The first-order valence-corrected chi connectivity index (χ1v) is 7.11. The van der Waals surface area contributed by atoms with E-state index >= 15 is 0 Å². The first kappa shape index (κ1) is 15.0. The van der Waals surface area contributed by atoms with Crippen LogP contribution in [-0.2, 0) is 0 Å². The van der Waals surface area contributed by atoms with Crippen LogP contribution < -0.4 is 20.7 Å². The standard InChI is InChI=1S/C14H24N4O2/c1-4-14(7-5-6-8-14)12(18-15)11-13(20-3)17-10(19-2)9-16-11/h9,12,18H,4-8,15H2,1-3H3. The summed E-state index contributed by atoms with van der Waals surface area (Å²) in [5.41, 5.74) is 3.83. The van der Waals surface area contributed by atoms with Crippen LogP contribution >= 0.6 is 0 Å². The highest BCUT2D eigenvalue weighted by Gasteiger charge is 2.42. The summed E-state index contributed by atoms with van der Waals surface area (Å²) >= 11 is 0. The number of nitrogens with one attached hydrogen (secondary N) is 1. The number of hydrogen-bond donors (Lipinski definition) is 2. The molecule has 1 fully saturated rings. The second-order valence-electron chi connectivity index (χ2n) is 5.33. The maximum Gasteiger partial charge on any atom is 0.240 e. The SMILES string of the molecule is CCC1(C(NN)c2ncc(OC)nc2OC)CCCC1. The molecule has 0 aliphatic heterocycles. The van der Waals surface area contributed by atoms with Gasteiger partial charge in [0.1, 0.15) is 5.69 Å². The molecule has 1 unspecified atom stereocenters. The van der Waals surface area contributed by atoms with Gasteiger partial charge in [0.25, 0.3) is 0 Å². The van der Waals surface area contributed by atoms with Gasteiger partial charge in [0, 0.05) is 0 Å². The average Bonchev–Trinajstić information content (AvgIpc) is 2.98. The molecule has 2 rings (SSSR count). The van der Waals surface area contributed by atoms with E-state index in [9.17, 15) is 0 Å². The summed E-state index contributed by atoms with van der Waals surface area (Å²) in [5.74, 6) is 6.76. The third-order valence-electron chi connectivity index (χ3n) is 4.50. The Balaban J connectivity index is 2.40. The van der Waals surface area contributed by atoms with Crippen molar-refractivity contribution < 1.29 is 9.47 Å². The second-order valence-corrected chi connectivity index (χ2v) is 5.33. The minimum absolute atomic E-state index is 0.0524. The van der Waals surface area contributed by atoms with Crippen LogP contribution in [0.3, 0.4) is 0 Å². The number of hydrogen-bond acceptors (Lipinski definition) is 6. The highest BCUT2D eigenvalue weighted by atomic mass is 16.5. The molecule has 20 heavy (non-hydrogen) atoms. The topological polar surface area (TPSA) is 82.3 Å². The smallest absolute Gasteiger partial charge is 0.240 e. The van der Waals surface area contributed by atoms with E-state index in [0.717, 1.165) is 25.0 Å². The molecule has 0 amide bonds. The van der Waals surface area contributed by atoms with E-state index in [2.05, 4.69) is 22.3 Å². The highest BCUT2D eigenvalue weighted by Crippen LogP contribution is 2.50. The number of rotatable bonds is 6. The fourth-order valence-electron chi connectivity index (χ4n) is 3.28. The highest BCUT2D eigenvalue weighted by molar-refractivity contribution is 5.27. The lowest BCUT2D eigenvalue weighted by Gasteiger charge is -2.36. The summed E-state index contributed by atoms with van der Waals surface area (Å²) in [4.78, 5) is 8.79. The predicted molar refractivity (Wildman–Crippen MR) is 76.4 cm³/mol. The van der Waals surface area contributed by atoms with Crippen molar-refractivity contribution in [1.82, 2.24) is 15.4 Å². The number of methoxy groups -OCH3 is 2. The summed E-state index contributed by atoms with van der Waals surface area (Å²) in [7, 11) is 3.15. The lowest BCUT2D eigenvalue weighted by molar-refractivity contribution is 0.179. The molecular formula is C14H24N4O2. The Labute approximate surface area is 120 Å². The van der Waals surface area contributed by atoms with Gasteiger partial charge in [-0.1, -0.05) is 19.8 Å². The van der Waals surface area contributed by atoms with Crippen LogP contribution in [-0.4, -0.2) is 24.2 Å². The van der Waals surface area contributed by atoms with Gasteiger partial charge in [-0.2, -0.15) is 4.98 Å². The van der Waals surface area contributed by atoms with Gasteiger partial charge < -0.3 is 9.47 Å². The Kier molecular flexibility index (Phi) is 4.77. The zero-order chi connectivity index (χ0) is 14.6. The Morgan fingerprint density at radius 2 is 2.05 bits per heavy atom. The quantitative estimate of drug-likeness (QED) is 0.612. The van der Waals surface area contributed by atoms with Gasteiger partial charge >= 0.3 is 0 Å². The van der Waals surface area contributed by atoms with Crippen molar-refractivity contribution in [3.63, 3.8) is 0 Å². The van der Waals surface area contributed by atoms with Crippen molar-refractivity contribution in [3.8, 4) is 11.8 Å². The molecule has 1 saturated carbocycles. The van der Waals surface area contributed by atoms with Crippen LogP contribution in [0.15, 0.2) is 6.20 Å². The Bertz CT molecular complexity index is 447. The lowest BCUT2D eigenvalue weighted by atomic mass is 9.75. The maximum absolute atomic E-state index is 5.83. The Morgan fingerprint density at radius 3 is 2.55 bits per heavy atom. The minimum Gasteiger partial charge on any atom is -0.480 e. The molecule has 0 aromatic carbocycles. The summed E-state index contributed by atoms with van der Waals surface area (Å²) in [5, 5.41) is 0. The first-order chi connectivity index (χ1) is 9.70. The molecule has 1 atom stereocenters. The van der Waals surface area contributed by atoms with Crippen LogP contribution in [0.5, 0.6) is 11.8 Å². The predicted octanol–water partition coefficient (Wildman–Crippen LogP) is 1.97. The molecule has 0 spiro atoms. The molecule has 3 N–H and O–H groups in total. The van der Waals surface area contributed by atoms with E-state index in [1.54, 1.807) is 20.4 Å². The molecule has 0 saturated heterocycles. The number of nitrogens with two attached hydrogens (primary N) is 1. The second kappa shape index (κ2) is 6.37. The van der Waals surface area contributed by atoms with Crippen molar-refractivity contribution in [2.45, 2.75) is 45.1 Å². The number of ether oxygens (including phenoxy) is 2. The third-order valence-corrected chi connectivity index (χ3v) is 4.50. The molecule has 1 aromatic heterocycles. The van der Waals surface area contributed by atoms with E-state index in [0.29, 0.717) is 11.8 Å². The van der Waals surface area contributed by atoms with Gasteiger partial charge in [0.15, 0.2) is 0 Å². The van der Waals surface area contributed by atoms with Gasteiger partial charge in [-0.05, 0) is 24.7 Å².